The first-order chi connectivity index (χ1) is 34.8. The number of para-hydroxylation sites is 1. The zero-order chi connectivity index (χ0) is 50.5. The van der Waals surface area contributed by atoms with Gasteiger partial charge in [-0.05, 0) is 112 Å². The van der Waals surface area contributed by atoms with Gasteiger partial charge in [0.1, 0.15) is 5.75 Å². The molecule has 12 heteroatoms. The molecule has 362 valence electrons. The molecule has 0 unspecified atom stereocenters. The summed E-state index contributed by atoms with van der Waals surface area (Å²) < 4.78 is 18.0. The maximum atomic E-state index is 14.8. The first-order valence-electron chi connectivity index (χ1n) is 24.2. The third-order valence-electron chi connectivity index (χ3n) is 13.6. The van der Waals surface area contributed by atoms with Gasteiger partial charge in [-0.15, -0.1) is 0 Å². The Labute approximate surface area is 421 Å². The molecule has 0 aliphatic heterocycles. The van der Waals surface area contributed by atoms with Crippen molar-refractivity contribution in [1.82, 2.24) is 9.80 Å². The molecule has 0 atom stereocenters. The topological polar surface area (TPSA) is 129 Å². The van der Waals surface area contributed by atoms with E-state index in [1.165, 1.54) is 0 Å². The summed E-state index contributed by atoms with van der Waals surface area (Å²) in [6.45, 7) is 7.99. The largest absolute Gasteiger partial charge is 0.539 e. The maximum Gasteiger partial charge on any atom is 0.504 e. The fraction of sp³-hybridized carbons (Fsp3) is 0.200. The number of carbonyl (C=O) groups excluding carboxylic acids is 2. The average Bonchev–Trinajstić information content (AvgIpc) is 3.39. The summed E-state index contributed by atoms with van der Waals surface area (Å²) in [6, 6.07) is 52.9. The van der Waals surface area contributed by atoms with Crippen LogP contribution in [0.25, 0.3) is 43.1 Å². The van der Waals surface area contributed by atoms with Gasteiger partial charge in [0, 0.05) is 43.9 Å². The summed E-state index contributed by atoms with van der Waals surface area (Å²) in [5.74, 6) is 0.268. The van der Waals surface area contributed by atoms with Crippen molar-refractivity contribution in [3.63, 3.8) is 0 Å². The Morgan fingerprint density at radius 2 is 0.917 bits per heavy atom. The number of fused-ring (bicyclic) bond motifs is 4. The number of amides is 2. The minimum atomic E-state index is -1.60. The van der Waals surface area contributed by atoms with Crippen molar-refractivity contribution in [3.05, 3.63) is 214 Å². The Bertz CT molecular complexity index is 3350. The first kappa shape index (κ1) is 49.7. The van der Waals surface area contributed by atoms with Crippen molar-refractivity contribution in [1.29, 1.82) is 0 Å². The molecule has 10 nitrogen and oxygen atoms in total. The van der Waals surface area contributed by atoms with Crippen molar-refractivity contribution in [3.8, 4) is 5.75 Å². The van der Waals surface area contributed by atoms with E-state index < -0.39 is 20.2 Å². The highest BCUT2D eigenvalue weighted by Crippen LogP contribution is 2.37. The van der Waals surface area contributed by atoms with E-state index in [-0.39, 0.29) is 25.0 Å². The molecule has 9 aromatic carbocycles. The number of rotatable bonds is 17. The van der Waals surface area contributed by atoms with Gasteiger partial charge in [0.05, 0.1) is 26.4 Å². The molecule has 3 N–H and O–H groups in total. The van der Waals surface area contributed by atoms with Crippen LogP contribution in [0.2, 0.25) is 0 Å². The van der Waals surface area contributed by atoms with Crippen LogP contribution in [-0.4, -0.2) is 65.6 Å². The van der Waals surface area contributed by atoms with Gasteiger partial charge in [-0.3, -0.25) is 9.59 Å². The highest BCUT2D eigenvalue weighted by atomic mass is 16.5. The van der Waals surface area contributed by atoms with Gasteiger partial charge in [0.15, 0.2) is 0 Å². The SMILES string of the molecule is CN(Cc1c2ccccc2c(COCc2ccccc2B(O)O)c2ccccc12)C(=O)c1ccc(C(=O)N(C)Cc2c3ccccc3c(COCc3ccccc3OBO)c3ccccc23)c(C(C)(C)C)c1. The normalized spacial score (nSPS) is 11.6. The molecule has 0 bridgehead atoms. The van der Waals surface area contributed by atoms with Gasteiger partial charge in [-0.2, -0.15) is 0 Å². The molecule has 0 saturated heterocycles. The zero-order valence-corrected chi connectivity index (χ0v) is 41.4. The lowest BCUT2D eigenvalue weighted by atomic mass is 9.77. The Kier molecular flexibility index (Phi) is 14.9. The molecule has 0 fully saturated rings. The highest BCUT2D eigenvalue weighted by Gasteiger charge is 2.28. The number of carbonyl (C=O) groups is 2. The third-order valence-corrected chi connectivity index (χ3v) is 13.6. The van der Waals surface area contributed by atoms with E-state index in [1.807, 2.05) is 105 Å². The zero-order valence-electron chi connectivity index (χ0n) is 41.4. The van der Waals surface area contributed by atoms with Crippen molar-refractivity contribution in [2.75, 3.05) is 14.1 Å². The molecule has 0 aliphatic carbocycles. The van der Waals surface area contributed by atoms with E-state index in [2.05, 4.69) is 69.3 Å². The third kappa shape index (κ3) is 10.2. The summed E-state index contributed by atoms with van der Waals surface area (Å²) in [6.07, 6.45) is 0. The van der Waals surface area contributed by atoms with Gasteiger partial charge in [-0.1, -0.05) is 160 Å². The van der Waals surface area contributed by atoms with Crippen LogP contribution in [-0.2, 0) is 54.4 Å². The van der Waals surface area contributed by atoms with Crippen LogP contribution in [0, 0.1) is 0 Å². The van der Waals surface area contributed by atoms with E-state index in [4.69, 9.17) is 14.1 Å². The van der Waals surface area contributed by atoms with Crippen molar-refractivity contribution >= 4 is 75.2 Å². The molecule has 9 rings (SSSR count). The predicted molar refractivity (Wildman–Crippen MR) is 289 cm³/mol. The molecule has 0 spiro atoms. The summed E-state index contributed by atoms with van der Waals surface area (Å²) in [7, 11) is 1.64. The number of ether oxygens (including phenoxy) is 2. The average molecular weight is 957 g/mol. The lowest BCUT2D eigenvalue weighted by Gasteiger charge is -2.27. The lowest BCUT2D eigenvalue weighted by molar-refractivity contribution is 0.0772. The molecular formula is C60H58B2N2O8. The minimum absolute atomic E-state index is 0.145. The van der Waals surface area contributed by atoms with Crippen LogP contribution >= 0.6 is 0 Å². The molecule has 0 radical (unpaired) electrons. The molecule has 0 aliphatic rings. The second-order valence-electron chi connectivity index (χ2n) is 19.4. The smallest absolute Gasteiger partial charge is 0.504 e. The summed E-state index contributed by atoms with van der Waals surface area (Å²) in [5, 5.41) is 37.4. The highest BCUT2D eigenvalue weighted by molar-refractivity contribution is 6.59. The van der Waals surface area contributed by atoms with E-state index in [1.54, 1.807) is 34.1 Å². The fourth-order valence-corrected chi connectivity index (χ4v) is 10.1. The Hall–Kier alpha value is -7.31. The Morgan fingerprint density at radius 3 is 1.38 bits per heavy atom. The monoisotopic (exact) mass is 956 g/mol. The van der Waals surface area contributed by atoms with E-state index in [0.717, 1.165) is 76.5 Å². The molecule has 0 saturated carbocycles. The van der Waals surface area contributed by atoms with E-state index in [9.17, 15) is 24.7 Å². The second kappa shape index (κ2) is 21.6. The number of benzene rings is 9. The number of hydrogen-bond acceptors (Lipinski definition) is 8. The maximum absolute atomic E-state index is 14.8. The van der Waals surface area contributed by atoms with Crippen LogP contribution in [0.4, 0.5) is 0 Å². The Balaban J connectivity index is 0.969. The van der Waals surface area contributed by atoms with Crippen molar-refractivity contribution in [2.45, 2.75) is 65.7 Å². The van der Waals surface area contributed by atoms with Gasteiger partial charge in [0.25, 0.3) is 11.8 Å². The van der Waals surface area contributed by atoms with Crippen LogP contribution in [0.3, 0.4) is 0 Å². The Morgan fingerprint density at radius 1 is 0.514 bits per heavy atom. The van der Waals surface area contributed by atoms with Gasteiger partial charge in [-0.25, -0.2) is 0 Å². The number of hydrogen-bond donors (Lipinski definition) is 3. The molecule has 0 aromatic heterocycles. The van der Waals surface area contributed by atoms with E-state index >= 15 is 0 Å². The summed E-state index contributed by atoms with van der Waals surface area (Å²) in [5.41, 5.74) is 7.38. The predicted octanol–water partition coefficient (Wildman–Crippen LogP) is 9.89. The van der Waals surface area contributed by atoms with Crippen LogP contribution in [0.1, 0.15) is 80.4 Å². The molecular weight excluding hydrogens is 898 g/mol. The van der Waals surface area contributed by atoms with Gasteiger partial charge in [0.2, 0.25) is 0 Å². The second-order valence-corrected chi connectivity index (χ2v) is 19.4. The molecule has 9 aromatic rings. The quantitative estimate of drug-likeness (QED) is 0.0608. The first-order valence-corrected chi connectivity index (χ1v) is 24.2. The molecule has 0 heterocycles. The molecule has 72 heavy (non-hydrogen) atoms. The minimum Gasteiger partial charge on any atom is -0.539 e. The van der Waals surface area contributed by atoms with Crippen molar-refractivity contribution < 1.29 is 38.8 Å². The summed E-state index contributed by atoms with van der Waals surface area (Å²) >= 11 is 0. The van der Waals surface area contributed by atoms with Gasteiger partial charge < -0.3 is 39.0 Å². The number of nitrogens with zero attached hydrogens (tertiary/aromatic N) is 2. The standard InChI is InChI=1S/C60H58B2N2O8/c1-60(2,3)55-32-39(58(65)63(4)33-51-42-20-8-12-24-46(42)53(47-25-13-9-21-43(47)51)37-70-35-40-18-6-16-28-56(40)62(68)69)30-31-50(55)59(66)64(5)34-52-44-22-10-14-26-48(44)54(49-27-15-11-23-45(49)52)38-71-36-41-19-7-17-29-57(41)72-61-67/h6-32,61,67-69H,33-38H2,1-5H3. The molecule has 2 amide bonds. The van der Waals surface area contributed by atoms with Crippen LogP contribution in [0.5, 0.6) is 5.75 Å². The lowest BCUT2D eigenvalue weighted by Crippen LogP contribution is -2.33. The fourth-order valence-electron chi connectivity index (χ4n) is 10.1. The van der Waals surface area contributed by atoms with E-state index in [0.29, 0.717) is 54.2 Å². The summed E-state index contributed by atoms with van der Waals surface area (Å²) in [4.78, 5) is 32.9. The van der Waals surface area contributed by atoms with Crippen LogP contribution < -0.4 is 10.1 Å². The van der Waals surface area contributed by atoms with Crippen LogP contribution in [0.15, 0.2) is 164 Å². The van der Waals surface area contributed by atoms with Gasteiger partial charge >= 0.3 is 14.8 Å². The van der Waals surface area contributed by atoms with Crippen molar-refractivity contribution in [2.24, 2.45) is 0 Å².